The molecule has 2 heterocycles. The fraction of sp³-hybridized carbons (Fsp3) is 0.172. The zero-order valence-corrected chi connectivity index (χ0v) is 21.5. The van der Waals surface area contributed by atoms with Crippen molar-refractivity contribution in [3.63, 3.8) is 0 Å². The van der Waals surface area contributed by atoms with Crippen LogP contribution in [0.25, 0.3) is 33.2 Å². The molecule has 0 radical (unpaired) electrons. The standard InChI is InChI=1S/C29H25N3O5S/c1-36-26-11-4-5-12-27(26)38(34,35)32-25-14-13-21(29(33)31-15-17-37-18-16-31)19-24(25)30-28(32)23-10-6-8-20-7-2-3-9-22(20)23/h2-14,19H,15-18H2,1H3. The molecule has 0 bridgehead atoms. The lowest BCUT2D eigenvalue weighted by molar-refractivity contribution is 0.0303. The number of rotatable bonds is 5. The Kier molecular flexibility index (Phi) is 6.09. The molecule has 1 aliphatic heterocycles. The van der Waals surface area contributed by atoms with E-state index in [-0.39, 0.29) is 22.4 Å². The van der Waals surface area contributed by atoms with Gasteiger partial charge in [-0.1, -0.05) is 54.6 Å². The first kappa shape index (κ1) is 24.1. The number of morpholine rings is 1. The molecule has 0 saturated carbocycles. The van der Waals surface area contributed by atoms with Crippen molar-refractivity contribution in [3.8, 4) is 17.1 Å². The predicted octanol–water partition coefficient (Wildman–Crippen LogP) is 4.57. The number of aromatic nitrogens is 2. The quantitative estimate of drug-likeness (QED) is 0.333. The molecular weight excluding hydrogens is 502 g/mol. The third kappa shape index (κ3) is 4.00. The number of ether oxygens (including phenoxy) is 2. The first-order valence-electron chi connectivity index (χ1n) is 12.3. The Hall–Kier alpha value is -4.21. The molecule has 192 valence electrons. The van der Waals surface area contributed by atoms with Crippen LogP contribution in [0.15, 0.2) is 89.8 Å². The molecule has 8 nitrogen and oxygen atoms in total. The maximum absolute atomic E-state index is 14.2. The summed E-state index contributed by atoms with van der Waals surface area (Å²) in [6.07, 6.45) is 0. The van der Waals surface area contributed by atoms with Crippen molar-refractivity contribution >= 4 is 37.7 Å². The van der Waals surface area contributed by atoms with E-state index in [9.17, 15) is 13.2 Å². The third-order valence-electron chi connectivity index (χ3n) is 6.78. The lowest BCUT2D eigenvalue weighted by atomic mass is 10.0. The number of fused-ring (bicyclic) bond motifs is 2. The maximum atomic E-state index is 14.2. The number of carbonyl (C=O) groups excluding carboxylic acids is 1. The molecule has 0 spiro atoms. The van der Waals surface area contributed by atoms with Gasteiger partial charge in [0.1, 0.15) is 10.6 Å². The van der Waals surface area contributed by atoms with E-state index in [0.29, 0.717) is 48.5 Å². The number of amides is 1. The molecular formula is C29H25N3O5S. The molecule has 1 saturated heterocycles. The molecule has 6 rings (SSSR count). The highest BCUT2D eigenvalue weighted by Gasteiger charge is 2.29. The van der Waals surface area contributed by atoms with Crippen LogP contribution in [0.3, 0.4) is 0 Å². The molecule has 5 aromatic rings. The maximum Gasteiger partial charge on any atom is 0.273 e. The lowest BCUT2D eigenvalue weighted by Crippen LogP contribution is -2.40. The van der Waals surface area contributed by atoms with E-state index in [1.807, 2.05) is 42.5 Å². The predicted molar refractivity (Wildman–Crippen MR) is 145 cm³/mol. The van der Waals surface area contributed by atoms with Crippen molar-refractivity contribution in [1.29, 1.82) is 0 Å². The van der Waals surface area contributed by atoms with Crippen molar-refractivity contribution in [2.24, 2.45) is 0 Å². The number of methoxy groups -OCH3 is 1. The van der Waals surface area contributed by atoms with Gasteiger partial charge in [-0.2, -0.15) is 0 Å². The van der Waals surface area contributed by atoms with Crippen LogP contribution in [0.4, 0.5) is 0 Å². The first-order chi connectivity index (χ1) is 18.5. The molecule has 4 aromatic carbocycles. The summed E-state index contributed by atoms with van der Waals surface area (Å²) in [6, 6.07) is 24.9. The van der Waals surface area contributed by atoms with Crippen molar-refractivity contribution in [3.05, 3.63) is 90.5 Å². The Balaban J connectivity index is 1.61. The van der Waals surface area contributed by atoms with E-state index in [4.69, 9.17) is 14.5 Å². The van der Waals surface area contributed by atoms with Crippen LogP contribution in [-0.4, -0.2) is 61.6 Å². The van der Waals surface area contributed by atoms with Gasteiger partial charge in [0.25, 0.3) is 15.9 Å². The largest absolute Gasteiger partial charge is 0.495 e. The van der Waals surface area contributed by atoms with Crippen LogP contribution < -0.4 is 4.74 Å². The summed E-state index contributed by atoms with van der Waals surface area (Å²) in [5.41, 5.74) is 1.89. The molecule has 0 atom stereocenters. The van der Waals surface area contributed by atoms with Crippen LogP contribution >= 0.6 is 0 Å². The van der Waals surface area contributed by atoms with E-state index >= 15 is 0 Å². The molecule has 0 unspecified atom stereocenters. The van der Waals surface area contributed by atoms with Gasteiger partial charge in [0.15, 0.2) is 5.82 Å². The molecule has 0 aliphatic carbocycles. The second-order valence-electron chi connectivity index (χ2n) is 8.99. The number of carbonyl (C=O) groups is 1. The molecule has 1 aromatic heterocycles. The SMILES string of the molecule is COc1ccccc1S(=O)(=O)n1c(-c2cccc3ccccc23)nc2cc(C(=O)N3CCOCC3)ccc21. The Morgan fingerprint density at radius 1 is 0.921 bits per heavy atom. The van der Waals surface area contributed by atoms with Crippen molar-refractivity contribution in [2.75, 3.05) is 33.4 Å². The normalized spacial score (nSPS) is 14.2. The van der Waals surface area contributed by atoms with E-state index in [1.165, 1.54) is 17.1 Å². The Labute approximate surface area is 220 Å². The average Bonchev–Trinajstić information content (AvgIpc) is 3.36. The average molecular weight is 528 g/mol. The van der Waals surface area contributed by atoms with Gasteiger partial charge < -0.3 is 14.4 Å². The number of hydrogen-bond acceptors (Lipinski definition) is 6. The van der Waals surface area contributed by atoms with Gasteiger partial charge in [-0.05, 0) is 41.1 Å². The first-order valence-corrected chi connectivity index (χ1v) is 13.7. The van der Waals surface area contributed by atoms with Crippen LogP contribution in [0.5, 0.6) is 5.75 Å². The Bertz CT molecular complexity index is 1780. The second-order valence-corrected chi connectivity index (χ2v) is 10.7. The highest BCUT2D eigenvalue weighted by molar-refractivity contribution is 7.90. The molecule has 1 fully saturated rings. The highest BCUT2D eigenvalue weighted by Crippen LogP contribution is 2.36. The molecule has 38 heavy (non-hydrogen) atoms. The summed E-state index contributed by atoms with van der Waals surface area (Å²) in [7, 11) is -2.71. The van der Waals surface area contributed by atoms with Gasteiger partial charge in [0.05, 0.1) is 31.4 Å². The summed E-state index contributed by atoms with van der Waals surface area (Å²) in [5.74, 6) is 0.361. The summed E-state index contributed by atoms with van der Waals surface area (Å²) in [4.78, 5) is 19.8. The minimum atomic E-state index is -4.15. The van der Waals surface area contributed by atoms with E-state index in [2.05, 4.69) is 0 Å². The van der Waals surface area contributed by atoms with Gasteiger partial charge in [-0.25, -0.2) is 17.4 Å². The summed E-state index contributed by atoms with van der Waals surface area (Å²) in [5, 5.41) is 1.83. The van der Waals surface area contributed by atoms with Crippen LogP contribution in [0.1, 0.15) is 10.4 Å². The Morgan fingerprint density at radius 2 is 1.66 bits per heavy atom. The van der Waals surface area contributed by atoms with Crippen LogP contribution in [0.2, 0.25) is 0 Å². The fourth-order valence-corrected chi connectivity index (χ4v) is 6.54. The lowest BCUT2D eigenvalue weighted by Gasteiger charge is -2.26. The highest BCUT2D eigenvalue weighted by atomic mass is 32.2. The fourth-order valence-electron chi connectivity index (χ4n) is 4.90. The molecule has 0 N–H and O–H groups in total. The zero-order valence-electron chi connectivity index (χ0n) is 20.7. The Morgan fingerprint density at radius 3 is 2.47 bits per heavy atom. The smallest absolute Gasteiger partial charge is 0.273 e. The minimum Gasteiger partial charge on any atom is -0.495 e. The van der Waals surface area contributed by atoms with Gasteiger partial charge in [0.2, 0.25) is 0 Å². The zero-order chi connectivity index (χ0) is 26.3. The number of imidazole rings is 1. The second kappa shape index (κ2) is 9.59. The number of para-hydroxylation sites is 1. The van der Waals surface area contributed by atoms with Crippen molar-refractivity contribution < 1.29 is 22.7 Å². The van der Waals surface area contributed by atoms with Crippen LogP contribution in [0, 0.1) is 0 Å². The monoisotopic (exact) mass is 527 g/mol. The van der Waals surface area contributed by atoms with Gasteiger partial charge >= 0.3 is 0 Å². The number of nitrogens with zero attached hydrogens (tertiary/aromatic N) is 3. The molecule has 1 amide bonds. The van der Waals surface area contributed by atoms with E-state index in [1.54, 1.807) is 41.3 Å². The van der Waals surface area contributed by atoms with Gasteiger partial charge in [-0.3, -0.25) is 4.79 Å². The van der Waals surface area contributed by atoms with Crippen molar-refractivity contribution in [2.45, 2.75) is 4.90 Å². The topological polar surface area (TPSA) is 90.7 Å². The van der Waals surface area contributed by atoms with Crippen LogP contribution in [-0.2, 0) is 14.8 Å². The van der Waals surface area contributed by atoms with E-state index < -0.39 is 10.0 Å². The summed E-state index contributed by atoms with van der Waals surface area (Å²) < 4.78 is 40.5. The van der Waals surface area contributed by atoms with Gasteiger partial charge in [0, 0.05) is 24.2 Å². The van der Waals surface area contributed by atoms with E-state index in [0.717, 1.165) is 10.8 Å². The molecule has 9 heteroatoms. The third-order valence-corrected chi connectivity index (χ3v) is 8.52. The molecule has 1 aliphatic rings. The van der Waals surface area contributed by atoms with Gasteiger partial charge in [-0.15, -0.1) is 0 Å². The number of hydrogen-bond donors (Lipinski definition) is 0. The minimum absolute atomic E-state index is 0.0248. The summed E-state index contributed by atoms with van der Waals surface area (Å²) in [6.45, 7) is 2.00. The van der Waals surface area contributed by atoms with Crippen molar-refractivity contribution in [1.82, 2.24) is 13.9 Å². The number of benzene rings is 4. The summed E-state index contributed by atoms with van der Waals surface area (Å²) >= 11 is 0.